The van der Waals surface area contributed by atoms with Gasteiger partial charge in [-0.05, 0) is 43.7 Å². The molecule has 1 aromatic carbocycles. The van der Waals surface area contributed by atoms with Gasteiger partial charge >= 0.3 is 0 Å². The molecule has 0 bridgehead atoms. The van der Waals surface area contributed by atoms with Crippen LogP contribution in [-0.2, 0) is 14.6 Å². The molecule has 0 aliphatic carbocycles. The van der Waals surface area contributed by atoms with Crippen LogP contribution in [0, 0.1) is 13.8 Å². The quantitative estimate of drug-likeness (QED) is 0.480. The average molecular weight is 423 g/mol. The summed E-state index contributed by atoms with van der Waals surface area (Å²) >= 11 is 2.75. The molecule has 27 heavy (non-hydrogen) atoms. The van der Waals surface area contributed by atoms with E-state index in [4.69, 9.17) is 5.73 Å². The van der Waals surface area contributed by atoms with E-state index in [1.54, 1.807) is 23.5 Å². The largest absolute Gasteiger partial charge is 0.383 e. The third-order valence-electron chi connectivity index (χ3n) is 3.93. The number of nitrogens with one attached hydrogen (secondary N) is 1. The van der Waals surface area contributed by atoms with Crippen molar-refractivity contribution in [2.24, 2.45) is 0 Å². The van der Waals surface area contributed by atoms with Gasteiger partial charge < -0.3 is 11.1 Å². The lowest BCUT2D eigenvalue weighted by Crippen LogP contribution is -2.14. The second-order valence-corrected chi connectivity index (χ2v) is 10.1. The Morgan fingerprint density at radius 3 is 2.52 bits per heavy atom. The highest BCUT2D eigenvalue weighted by atomic mass is 32.2. The first-order valence-corrected chi connectivity index (χ1v) is 11.6. The molecule has 0 aliphatic rings. The van der Waals surface area contributed by atoms with Gasteiger partial charge in [-0.3, -0.25) is 4.79 Å². The smallest absolute Gasteiger partial charge is 0.234 e. The Morgan fingerprint density at radius 1 is 1.22 bits per heavy atom. The van der Waals surface area contributed by atoms with Crippen LogP contribution in [-0.4, -0.2) is 36.3 Å². The maximum absolute atomic E-state index is 12.1. The number of thiophene rings is 1. The molecule has 0 spiro atoms. The summed E-state index contributed by atoms with van der Waals surface area (Å²) in [7, 11) is -3.26. The number of aryl methyl sites for hydroxylation is 2. The minimum atomic E-state index is -3.26. The maximum atomic E-state index is 12.1. The number of carbonyl (C=O) groups excluding carboxylic acids is 1. The summed E-state index contributed by atoms with van der Waals surface area (Å²) in [6.07, 6.45) is 1.14. The number of anilines is 2. The third kappa shape index (κ3) is 4.40. The molecule has 3 N–H and O–H groups in total. The zero-order valence-electron chi connectivity index (χ0n) is 14.9. The number of sulfone groups is 1. The fourth-order valence-electron chi connectivity index (χ4n) is 2.44. The van der Waals surface area contributed by atoms with E-state index in [9.17, 15) is 13.2 Å². The molecule has 0 aliphatic heterocycles. The lowest BCUT2D eigenvalue weighted by Gasteiger charge is -2.06. The third-order valence-corrected chi connectivity index (χ3v) is 7.01. The number of amides is 1. The number of rotatable bonds is 5. The molecule has 3 rings (SSSR count). The lowest BCUT2D eigenvalue weighted by atomic mass is 10.2. The Labute approximate surface area is 165 Å². The van der Waals surface area contributed by atoms with E-state index in [-0.39, 0.29) is 16.6 Å². The van der Waals surface area contributed by atoms with Crippen LogP contribution in [0.15, 0.2) is 34.3 Å². The van der Waals surface area contributed by atoms with Crippen LogP contribution in [0.25, 0.3) is 10.2 Å². The summed E-state index contributed by atoms with van der Waals surface area (Å²) in [4.78, 5) is 23.1. The zero-order valence-corrected chi connectivity index (χ0v) is 17.4. The van der Waals surface area contributed by atoms with Crippen LogP contribution in [0.4, 0.5) is 11.5 Å². The molecule has 0 fully saturated rings. The summed E-state index contributed by atoms with van der Waals surface area (Å²) in [5.41, 5.74) is 7.65. The minimum Gasteiger partial charge on any atom is -0.383 e. The van der Waals surface area contributed by atoms with Crippen molar-refractivity contribution in [2.75, 3.05) is 23.1 Å². The molecule has 0 atom stereocenters. The van der Waals surface area contributed by atoms with Gasteiger partial charge in [-0.2, -0.15) is 0 Å². The number of aromatic nitrogens is 2. The molecule has 7 nitrogen and oxygen atoms in total. The number of nitrogens with two attached hydrogens (primary N) is 1. The molecule has 0 saturated carbocycles. The highest BCUT2D eigenvalue weighted by molar-refractivity contribution is 7.99. The molecule has 0 unspecified atom stereocenters. The fraction of sp³-hybridized carbons (Fsp3) is 0.235. The Kier molecular flexibility index (Phi) is 5.41. The van der Waals surface area contributed by atoms with Crippen molar-refractivity contribution in [3.63, 3.8) is 0 Å². The number of carbonyl (C=O) groups is 1. The second kappa shape index (κ2) is 7.45. The van der Waals surface area contributed by atoms with Gasteiger partial charge in [-0.1, -0.05) is 11.8 Å². The molecule has 0 radical (unpaired) electrons. The van der Waals surface area contributed by atoms with Crippen LogP contribution in [0.2, 0.25) is 0 Å². The van der Waals surface area contributed by atoms with Crippen LogP contribution in [0.5, 0.6) is 0 Å². The monoisotopic (exact) mass is 422 g/mol. The van der Waals surface area contributed by atoms with E-state index in [1.807, 2.05) is 13.8 Å². The van der Waals surface area contributed by atoms with E-state index in [1.165, 1.54) is 23.9 Å². The van der Waals surface area contributed by atoms with Gasteiger partial charge in [-0.15, -0.1) is 11.3 Å². The van der Waals surface area contributed by atoms with Crippen molar-refractivity contribution >= 4 is 60.6 Å². The van der Waals surface area contributed by atoms with E-state index in [0.717, 1.165) is 26.9 Å². The van der Waals surface area contributed by atoms with Crippen LogP contribution < -0.4 is 11.1 Å². The maximum Gasteiger partial charge on any atom is 0.234 e. The number of nitrogens with zero attached hydrogens (tertiary/aromatic N) is 2. The number of fused-ring (bicyclic) bond motifs is 1. The van der Waals surface area contributed by atoms with E-state index in [2.05, 4.69) is 15.3 Å². The molecular weight excluding hydrogens is 404 g/mol. The van der Waals surface area contributed by atoms with Gasteiger partial charge in [0, 0.05) is 16.8 Å². The van der Waals surface area contributed by atoms with Crippen LogP contribution in [0.3, 0.4) is 0 Å². The lowest BCUT2D eigenvalue weighted by molar-refractivity contribution is -0.113. The Hall–Kier alpha value is -2.17. The number of thioether (sulfide) groups is 1. The molecule has 3 aromatic rings. The first-order valence-electron chi connectivity index (χ1n) is 7.91. The molecule has 2 heterocycles. The number of hydrogen-bond acceptors (Lipinski definition) is 8. The highest BCUT2D eigenvalue weighted by Gasteiger charge is 2.14. The fourth-order valence-corrected chi connectivity index (χ4v) is 4.81. The minimum absolute atomic E-state index is 0.113. The molecule has 1 amide bonds. The Balaban J connectivity index is 1.66. The van der Waals surface area contributed by atoms with E-state index in [0.29, 0.717) is 16.7 Å². The molecular formula is C17H18N4O3S3. The molecule has 142 valence electrons. The van der Waals surface area contributed by atoms with Gasteiger partial charge in [0.25, 0.3) is 0 Å². The normalized spacial score (nSPS) is 11.7. The average Bonchev–Trinajstić information content (AvgIpc) is 2.87. The molecule has 10 heteroatoms. The Morgan fingerprint density at radius 2 is 1.89 bits per heavy atom. The van der Waals surface area contributed by atoms with E-state index >= 15 is 0 Å². The number of nitrogen functional groups attached to an aromatic ring is 1. The van der Waals surface area contributed by atoms with Gasteiger partial charge in [0.05, 0.1) is 16.0 Å². The van der Waals surface area contributed by atoms with Crippen molar-refractivity contribution in [1.29, 1.82) is 0 Å². The van der Waals surface area contributed by atoms with Crippen molar-refractivity contribution in [3.8, 4) is 0 Å². The first kappa shape index (κ1) is 19.6. The van der Waals surface area contributed by atoms with E-state index < -0.39 is 9.84 Å². The van der Waals surface area contributed by atoms with Crippen molar-refractivity contribution in [1.82, 2.24) is 9.97 Å². The first-order chi connectivity index (χ1) is 12.6. The predicted molar refractivity (Wildman–Crippen MR) is 110 cm³/mol. The van der Waals surface area contributed by atoms with Gasteiger partial charge in [0.1, 0.15) is 10.6 Å². The van der Waals surface area contributed by atoms with Crippen LogP contribution in [0.1, 0.15) is 10.4 Å². The van der Waals surface area contributed by atoms with Crippen molar-refractivity contribution < 1.29 is 13.2 Å². The zero-order chi connectivity index (χ0) is 19.8. The summed E-state index contributed by atoms with van der Waals surface area (Å²) in [5, 5.41) is 4.04. The van der Waals surface area contributed by atoms with Gasteiger partial charge in [0.15, 0.2) is 15.0 Å². The number of benzene rings is 1. The van der Waals surface area contributed by atoms with Gasteiger partial charge in [-0.25, -0.2) is 18.4 Å². The second-order valence-electron chi connectivity index (χ2n) is 5.99. The highest BCUT2D eigenvalue weighted by Crippen LogP contribution is 2.33. The van der Waals surface area contributed by atoms with Crippen LogP contribution >= 0.6 is 23.1 Å². The Bertz CT molecular complexity index is 1120. The summed E-state index contributed by atoms with van der Waals surface area (Å²) in [6, 6.07) is 6.02. The topological polar surface area (TPSA) is 115 Å². The summed E-state index contributed by atoms with van der Waals surface area (Å²) in [5.74, 6) is 0.288. The van der Waals surface area contributed by atoms with Gasteiger partial charge in [0.2, 0.25) is 5.91 Å². The predicted octanol–water partition coefficient (Wildman–Crippen LogP) is 3.02. The summed E-state index contributed by atoms with van der Waals surface area (Å²) in [6.45, 7) is 4.00. The SMILES string of the molecule is Cc1sc2nc(SCC(=O)Nc3ccc(S(C)(=O)=O)cc3)nc(N)c2c1C. The number of hydrogen-bond donors (Lipinski definition) is 2. The van der Waals surface area contributed by atoms with Crippen molar-refractivity contribution in [3.05, 3.63) is 34.7 Å². The molecule has 2 aromatic heterocycles. The standard InChI is InChI=1S/C17H18N4O3S3/c1-9-10(2)26-16-14(9)15(18)20-17(21-16)25-8-13(22)19-11-4-6-12(7-5-11)27(3,23)24/h4-7H,8H2,1-3H3,(H,19,22)(H2,18,20,21). The summed E-state index contributed by atoms with van der Waals surface area (Å²) < 4.78 is 22.9. The van der Waals surface area contributed by atoms with Crippen molar-refractivity contribution in [2.45, 2.75) is 23.9 Å². The molecule has 0 saturated heterocycles.